The Morgan fingerprint density at radius 2 is 1.85 bits per heavy atom. The van der Waals surface area contributed by atoms with Gasteiger partial charge in [-0.2, -0.15) is 0 Å². The summed E-state index contributed by atoms with van der Waals surface area (Å²) in [5.41, 5.74) is 3.27. The molecule has 2 aromatic carbocycles. The lowest BCUT2D eigenvalue weighted by Gasteiger charge is -2.16. The third-order valence-electron chi connectivity index (χ3n) is 3.53. The van der Waals surface area contributed by atoms with Crippen LogP contribution in [0.25, 0.3) is 0 Å². The van der Waals surface area contributed by atoms with Crippen molar-refractivity contribution in [2.75, 3.05) is 7.11 Å². The summed E-state index contributed by atoms with van der Waals surface area (Å²) < 4.78 is 18.4. The molecule has 2 nitrogen and oxygen atoms in total. The second-order valence-corrected chi connectivity index (χ2v) is 4.95. The lowest BCUT2D eigenvalue weighted by molar-refractivity contribution is 0.414. The van der Waals surface area contributed by atoms with E-state index in [4.69, 9.17) is 4.74 Å². The Bertz CT molecular complexity index is 566. The summed E-state index contributed by atoms with van der Waals surface area (Å²) in [6.07, 6.45) is 0. The summed E-state index contributed by atoms with van der Waals surface area (Å²) in [7, 11) is 1.66. The SMILES string of the molecule is COc1ccc(C(C)NCc2cc(F)ccc2C)cc1. The number of ether oxygens (including phenoxy) is 1. The molecule has 2 rings (SSSR count). The van der Waals surface area contributed by atoms with Gasteiger partial charge in [0.2, 0.25) is 0 Å². The summed E-state index contributed by atoms with van der Waals surface area (Å²) in [5.74, 6) is 0.659. The molecular weight excluding hydrogens is 253 g/mol. The van der Waals surface area contributed by atoms with Crippen molar-refractivity contribution in [3.63, 3.8) is 0 Å². The van der Waals surface area contributed by atoms with E-state index in [0.29, 0.717) is 6.54 Å². The van der Waals surface area contributed by atoms with Gasteiger partial charge in [0.15, 0.2) is 0 Å². The second-order valence-electron chi connectivity index (χ2n) is 4.95. The number of benzene rings is 2. The summed E-state index contributed by atoms with van der Waals surface area (Å²) in [5, 5.41) is 3.41. The molecule has 3 heteroatoms. The summed E-state index contributed by atoms with van der Waals surface area (Å²) in [6, 6.07) is 13.0. The molecule has 0 spiro atoms. The van der Waals surface area contributed by atoms with Gasteiger partial charge in [0.05, 0.1) is 7.11 Å². The van der Waals surface area contributed by atoms with Crippen LogP contribution in [0, 0.1) is 12.7 Å². The van der Waals surface area contributed by atoms with Crippen molar-refractivity contribution >= 4 is 0 Å². The van der Waals surface area contributed by atoms with E-state index in [1.807, 2.05) is 37.3 Å². The molecule has 0 aromatic heterocycles. The largest absolute Gasteiger partial charge is 0.497 e. The van der Waals surface area contributed by atoms with Crippen LogP contribution in [0.1, 0.15) is 29.7 Å². The van der Waals surface area contributed by atoms with Crippen molar-refractivity contribution in [1.82, 2.24) is 5.32 Å². The maximum Gasteiger partial charge on any atom is 0.123 e. The van der Waals surface area contributed by atoms with Crippen LogP contribution < -0.4 is 10.1 Å². The van der Waals surface area contributed by atoms with E-state index in [0.717, 1.165) is 16.9 Å². The number of aryl methyl sites for hydroxylation is 1. The number of halogens is 1. The van der Waals surface area contributed by atoms with Crippen LogP contribution >= 0.6 is 0 Å². The molecule has 0 radical (unpaired) electrons. The molecule has 0 aliphatic rings. The predicted molar refractivity (Wildman–Crippen MR) is 79.4 cm³/mol. The average Bonchev–Trinajstić information content (AvgIpc) is 2.48. The molecule has 0 fully saturated rings. The van der Waals surface area contributed by atoms with Crippen LogP contribution in [-0.2, 0) is 6.54 Å². The maximum absolute atomic E-state index is 13.2. The Hall–Kier alpha value is -1.87. The van der Waals surface area contributed by atoms with Crippen LogP contribution in [0.4, 0.5) is 4.39 Å². The highest BCUT2D eigenvalue weighted by Crippen LogP contribution is 2.18. The van der Waals surface area contributed by atoms with Gasteiger partial charge < -0.3 is 10.1 Å². The third kappa shape index (κ3) is 3.58. The van der Waals surface area contributed by atoms with E-state index in [-0.39, 0.29) is 11.9 Å². The monoisotopic (exact) mass is 273 g/mol. The van der Waals surface area contributed by atoms with Crippen molar-refractivity contribution in [2.45, 2.75) is 26.4 Å². The van der Waals surface area contributed by atoms with E-state index in [2.05, 4.69) is 12.2 Å². The van der Waals surface area contributed by atoms with E-state index in [1.165, 1.54) is 11.6 Å². The number of nitrogens with one attached hydrogen (secondary N) is 1. The standard InChI is InChI=1S/C17H20FNO/c1-12-4-7-16(18)10-15(12)11-19-13(2)14-5-8-17(20-3)9-6-14/h4-10,13,19H,11H2,1-3H3. The number of hydrogen-bond donors (Lipinski definition) is 1. The van der Waals surface area contributed by atoms with Crippen LogP contribution in [0.15, 0.2) is 42.5 Å². The molecule has 106 valence electrons. The van der Waals surface area contributed by atoms with Gasteiger partial charge in [-0.25, -0.2) is 4.39 Å². The third-order valence-corrected chi connectivity index (χ3v) is 3.53. The molecule has 1 N–H and O–H groups in total. The van der Waals surface area contributed by atoms with Crippen molar-refractivity contribution < 1.29 is 9.13 Å². The molecule has 0 aliphatic carbocycles. The highest BCUT2D eigenvalue weighted by Gasteiger charge is 2.07. The molecule has 0 amide bonds. The lowest BCUT2D eigenvalue weighted by atomic mass is 10.1. The minimum atomic E-state index is -0.190. The van der Waals surface area contributed by atoms with Gasteiger partial charge in [0.1, 0.15) is 11.6 Å². The molecule has 0 saturated carbocycles. The molecule has 20 heavy (non-hydrogen) atoms. The lowest BCUT2D eigenvalue weighted by Crippen LogP contribution is -2.18. The van der Waals surface area contributed by atoms with Gasteiger partial charge in [-0.05, 0) is 54.8 Å². The van der Waals surface area contributed by atoms with Crippen LogP contribution in [-0.4, -0.2) is 7.11 Å². The van der Waals surface area contributed by atoms with E-state index in [1.54, 1.807) is 13.2 Å². The molecule has 0 heterocycles. The van der Waals surface area contributed by atoms with E-state index >= 15 is 0 Å². The van der Waals surface area contributed by atoms with Crippen LogP contribution in [0.5, 0.6) is 5.75 Å². The first kappa shape index (κ1) is 14.5. The number of hydrogen-bond acceptors (Lipinski definition) is 2. The minimum Gasteiger partial charge on any atom is -0.497 e. The first-order chi connectivity index (χ1) is 9.60. The fraction of sp³-hybridized carbons (Fsp3) is 0.294. The van der Waals surface area contributed by atoms with Gasteiger partial charge >= 0.3 is 0 Å². The highest BCUT2D eigenvalue weighted by molar-refractivity contribution is 5.30. The van der Waals surface area contributed by atoms with Gasteiger partial charge in [0, 0.05) is 12.6 Å². The van der Waals surface area contributed by atoms with Gasteiger partial charge in [-0.1, -0.05) is 18.2 Å². The average molecular weight is 273 g/mol. The van der Waals surface area contributed by atoms with Crippen LogP contribution in [0.2, 0.25) is 0 Å². The summed E-state index contributed by atoms with van der Waals surface area (Å²) >= 11 is 0. The zero-order chi connectivity index (χ0) is 14.5. The van der Waals surface area contributed by atoms with Gasteiger partial charge in [-0.3, -0.25) is 0 Å². The van der Waals surface area contributed by atoms with E-state index < -0.39 is 0 Å². The Morgan fingerprint density at radius 3 is 2.50 bits per heavy atom. The van der Waals surface area contributed by atoms with Crippen molar-refractivity contribution in [3.8, 4) is 5.75 Å². The van der Waals surface area contributed by atoms with Crippen molar-refractivity contribution in [2.24, 2.45) is 0 Å². The Kier molecular flexibility index (Phi) is 4.74. The molecule has 0 aliphatic heterocycles. The molecule has 0 bridgehead atoms. The smallest absolute Gasteiger partial charge is 0.123 e. The van der Waals surface area contributed by atoms with Crippen molar-refractivity contribution in [3.05, 3.63) is 65.0 Å². The number of methoxy groups -OCH3 is 1. The normalized spacial score (nSPS) is 12.2. The zero-order valence-corrected chi connectivity index (χ0v) is 12.1. The van der Waals surface area contributed by atoms with Gasteiger partial charge in [-0.15, -0.1) is 0 Å². The molecule has 1 atom stereocenters. The fourth-order valence-corrected chi connectivity index (χ4v) is 2.10. The zero-order valence-electron chi connectivity index (χ0n) is 12.1. The fourth-order valence-electron chi connectivity index (χ4n) is 2.10. The van der Waals surface area contributed by atoms with Crippen molar-refractivity contribution in [1.29, 1.82) is 0 Å². The molecular formula is C17H20FNO. The Balaban J connectivity index is 2.00. The predicted octanol–water partition coefficient (Wildman–Crippen LogP) is 3.99. The maximum atomic E-state index is 13.2. The summed E-state index contributed by atoms with van der Waals surface area (Å²) in [4.78, 5) is 0. The van der Waals surface area contributed by atoms with Crippen LogP contribution in [0.3, 0.4) is 0 Å². The first-order valence-electron chi connectivity index (χ1n) is 6.72. The minimum absolute atomic E-state index is 0.190. The van der Waals surface area contributed by atoms with E-state index in [9.17, 15) is 4.39 Å². The summed E-state index contributed by atoms with van der Waals surface area (Å²) in [6.45, 7) is 4.74. The Labute approximate surface area is 119 Å². The van der Waals surface area contributed by atoms with Gasteiger partial charge in [0.25, 0.3) is 0 Å². The topological polar surface area (TPSA) is 21.3 Å². The highest BCUT2D eigenvalue weighted by atomic mass is 19.1. The quantitative estimate of drug-likeness (QED) is 0.889. The Morgan fingerprint density at radius 1 is 1.15 bits per heavy atom. The molecule has 1 unspecified atom stereocenters. The molecule has 2 aromatic rings. The first-order valence-corrected chi connectivity index (χ1v) is 6.72. The molecule has 0 saturated heterocycles. The number of rotatable bonds is 5. The second kappa shape index (κ2) is 6.53.